The lowest BCUT2D eigenvalue weighted by Gasteiger charge is -2.17. The molecule has 2 aromatic heterocycles. The number of benzene rings is 1. The summed E-state index contributed by atoms with van der Waals surface area (Å²) in [5.74, 6) is 0.0227. The Balaban J connectivity index is 1.91. The number of aryl methyl sites for hydroxylation is 1. The predicted molar refractivity (Wildman–Crippen MR) is 117 cm³/mol. The zero-order valence-electron chi connectivity index (χ0n) is 17.7. The molecule has 0 aliphatic carbocycles. The van der Waals surface area contributed by atoms with Crippen molar-refractivity contribution < 1.29 is 9.90 Å². The van der Waals surface area contributed by atoms with Gasteiger partial charge in [-0.25, -0.2) is 9.97 Å². The van der Waals surface area contributed by atoms with Crippen LogP contribution < -0.4 is 10.6 Å². The van der Waals surface area contributed by atoms with E-state index in [4.69, 9.17) is 5.11 Å². The third-order valence-electron chi connectivity index (χ3n) is 4.71. The molecule has 160 valence electrons. The third kappa shape index (κ3) is 5.24. The summed E-state index contributed by atoms with van der Waals surface area (Å²) in [6.07, 6.45) is 5.05. The second kappa shape index (κ2) is 9.82. The summed E-state index contributed by atoms with van der Waals surface area (Å²) in [6, 6.07) is 8.70. The highest BCUT2D eigenvalue weighted by molar-refractivity contribution is 6.01. The number of nitrogens with zero attached hydrogens (tertiary/aromatic N) is 5. The van der Waals surface area contributed by atoms with Crippen molar-refractivity contribution in [2.45, 2.75) is 33.4 Å². The minimum absolute atomic E-state index is 0.00534. The number of rotatable bonds is 8. The maximum Gasteiger partial charge on any atom is 0.253 e. The van der Waals surface area contributed by atoms with Crippen LogP contribution in [0.4, 0.5) is 11.6 Å². The number of amides is 1. The molecule has 9 nitrogen and oxygen atoms in total. The maximum absolute atomic E-state index is 12.9. The first-order valence-corrected chi connectivity index (χ1v) is 9.96. The molecular weight excluding hydrogens is 394 g/mol. The standard InChI is InChI=1S/C22H25N7O2/c1-14(2)19(10-23)27-21(31)18-7-5-4-6-17(18)20-15(3)11-24-22(28-20)26-16-12-25-29(13-16)8-9-30/h4-7,11-14,19,30H,8-9H2,1-3H3,(H,27,31)(H,24,26,28). The van der Waals surface area contributed by atoms with Crippen molar-refractivity contribution in [2.75, 3.05) is 11.9 Å². The van der Waals surface area contributed by atoms with Gasteiger partial charge >= 0.3 is 0 Å². The van der Waals surface area contributed by atoms with Gasteiger partial charge < -0.3 is 15.7 Å². The van der Waals surface area contributed by atoms with Crippen molar-refractivity contribution in [3.8, 4) is 17.3 Å². The van der Waals surface area contributed by atoms with Crippen molar-refractivity contribution in [3.63, 3.8) is 0 Å². The van der Waals surface area contributed by atoms with Gasteiger partial charge in [0.1, 0.15) is 6.04 Å². The first-order chi connectivity index (χ1) is 14.9. The summed E-state index contributed by atoms with van der Waals surface area (Å²) >= 11 is 0. The van der Waals surface area contributed by atoms with E-state index in [-0.39, 0.29) is 18.4 Å². The Morgan fingerprint density at radius 3 is 2.77 bits per heavy atom. The van der Waals surface area contributed by atoms with Gasteiger partial charge in [-0.2, -0.15) is 10.4 Å². The van der Waals surface area contributed by atoms with Crippen molar-refractivity contribution >= 4 is 17.5 Å². The minimum Gasteiger partial charge on any atom is -0.394 e. The fraction of sp³-hybridized carbons (Fsp3) is 0.318. The Morgan fingerprint density at radius 2 is 2.06 bits per heavy atom. The Morgan fingerprint density at radius 1 is 1.29 bits per heavy atom. The molecule has 0 saturated carbocycles. The Labute approximate surface area is 180 Å². The van der Waals surface area contributed by atoms with Crippen LogP contribution in [0.3, 0.4) is 0 Å². The highest BCUT2D eigenvalue weighted by Crippen LogP contribution is 2.26. The average molecular weight is 419 g/mol. The normalized spacial score (nSPS) is 11.7. The minimum atomic E-state index is -0.584. The fourth-order valence-corrected chi connectivity index (χ4v) is 3.01. The van der Waals surface area contributed by atoms with Crippen molar-refractivity contribution in [1.29, 1.82) is 5.26 Å². The van der Waals surface area contributed by atoms with Crippen LogP contribution in [0.1, 0.15) is 29.8 Å². The molecule has 3 aromatic rings. The Bertz CT molecular complexity index is 1100. The molecule has 0 saturated heterocycles. The molecule has 0 aliphatic heterocycles. The number of aliphatic hydroxyl groups is 1. The highest BCUT2D eigenvalue weighted by atomic mass is 16.3. The number of nitrogens with one attached hydrogen (secondary N) is 2. The van der Waals surface area contributed by atoms with E-state index < -0.39 is 6.04 Å². The summed E-state index contributed by atoms with van der Waals surface area (Å²) in [5, 5.41) is 28.4. The van der Waals surface area contributed by atoms with Crippen LogP contribution in [0.15, 0.2) is 42.9 Å². The van der Waals surface area contributed by atoms with Crippen molar-refractivity contribution in [1.82, 2.24) is 25.1 Å². The van der Waals surface area contributed by atoms with E-state index in [1.807, 2.05) is 32.9 Å². The Kier molecular flexibility index (Phi) is 6.95. The molecule has 0 aliphatic rings. The molecule has 3 N–H and O–H groups in total. The number of carbonyl (C=O) groups excluding carboxylic acids is 1. The van der Waals surface area contributed by atoms with Crippen molar-refractivity contribution in [2.24, 2.45) is 5.92 Å². The molecule has 0 bridgehead atoms. The number of nitriles is 1. The zero-order valence-corrected chi connectivity index (χ0v) is 17.7. The third-order valence-corrected chi connectivity index (χ3v) is 4.71. The molecule has 0 radical (unpaired) electrons. The van der Waals surface area contributed by atoms with Crippen LogP contribution in [-0.4, -0.2) is 43.4 Å². The zero-order chi connectivity index (χ0) is 22.4. The van der Waals surface area contributed by atoms with E-state index in [9.17, 15) is 10.1 Å². The van der Waals surface area contributed by atoms with Gasteiger partial charge in [-0.15, -0.1) is 0 Å². The van der Waals surface area contributed by atoms with Gasteiger partial charge in [-0.05, 0) is 24.5 Å². The first kappa shape index (κ1) is 21.9. The summed E-state index contributed by atoms with van der Waals surface area (Å²) in [4.78, 5) is 21.9. The molecule has 0 spiro atoms. The molecule has 1 amide bonds. The van der Waals surface area contributed by atoms with Gasteiger partial charge in [-0.3, -0.25) is 9.48 Å². The summed E-state index contributed by atoms with van der Waals surface area (Å²) in [5.41, 5.74) is 3.20. The van der Waals surface area contributed by atoms with Gasteiger partial charge in [0, 0.05) is 23.5 Å². The highest BCUT2D eigenvalue weighted by Gasteiger charge is 2.20. The second-order valence-electron chi connectivity index (χ2n) is 7.44. The van der Waals surface area contributed by atoms with Crippen molar-refractivity contribution in [3.05, 3.63) is 54.0 Å². The maximum atomic E-state index is 12.9. The van der Waals surface area contributed by atoms with Crippen LogP contribution in [0.2, 0.25) is 0 Å². The number of hydrogen-bond donors (Lipinski definition) is 3. The molecule has 1 atom stereocenters. The van der Waals surface area contributed by atoms with Crippen LogP contribution in [0, 0.1) is 24.2 Å². The fourth-order valence-electron chi connectivity index (χ4n) is 3.01. The SMILES string of the molecule is Cc1cnc(Nc2cnn(CCO)c2)nc1-c1ccccc1C(=O)NC(C#N)C(C)C. The second-order valence-corrected chi connectivity index (χ2v) is 7.44. The molecule has 9 heteroatoms. The van der Waals surface area contributed by atoms with Crippen LogP contribution in [-0.2, 0) is 6.54 Å². The van der Waals surface area contributed by atoms with Gasteiger partial charge in [-0.1, -0.05) is 32.0 Å². The molecule has 31 heavy (non-hydrogen) atoms. The number of carbonyl (C=O) groups is 1. The van der Waals surface area contributed by atoms with E-state index >= 15 is 0 Å². The smallest absolute Gasteiger partial charge is 0.253 e. The number of hydrogen-bond acceptors (Lipinski definition) is 7. The Hall–Kier alpha value is -3.77. The quantitative estimate of drug-likeness (QED) is 0.512. The van der Waals surface area contributed by atoms with E-state index in [1.54, 1.807) is 35.4 Å². The number of aromatic nitrogens is 4. The average Bonchev–Trinajstić information content (AvgIpc) is 3.20. The number of anilines is 2. The molecule has 2 heterocycles. The van der Waals surface area contributed by atoms with Gasteiger partial charge in [0.25, 0.3) is 5.91 Å². The molecule has 0 fully saturated rings. The van der Waals surface area contributed by atoms with E-state index in [0.717, 1.165) is 5.56 Å². The topological polar surface area (TPSA) is 129 Å². The van der Waals surface area contributed by atoms with E-state index in [0.29, 0.717) is 35.0 Å². The lowest BCUT2D eigenvalue weighted by Crippen LogP contribution is -2.37. The van der Waals surface area contributed by atoms with E-state index in [1.165, 1.54) is 0 Å². The summed E-state index contributed by atoms with van der Waals surface area (Å²) in [7, 11) is 0. The van der Waals surface area contributed by atoms with Crippen LogP contribution in [0.25, 0.3) is 11.3 Å². The molecule has 3 rings (SSSR count). The lowest BCUT2D eigenvalue weighted by molar-refractivity contribution is 0.0938. The molecule has 1 aromatic carbocycles. The predicted octanol–water partition coefficient (Wildman–Crippen LogP) is 2.66. The van der Waals surface area contributed by atoms with E-state index in [2.05, 4.69) is 31.8 Å². The molecular formula is C22H25N7O2. The van der Waals surface area contributed by atoms with Gasteiger partial charge in [0.15, 0.2) is 0 Å². The monoisotopic (exact) mass is 419 g/mol. The van der Waals surface area contributed by atoms with Crippen LogP contribution in [0.5, 0.6) is 0 Å². The first-order valence-electron chi connectivity index (χ1n) is 9.96. The molecule has 1 unspecified atom stereocenters. The van der Waals surface area contributed by atoms with Gasteiger partial charge in [0.05, 0.1) is 36.8 Å². The summed E-state index contributed by atoms with van der Waals surface area (Å²) < 4.78 is 1.61. The van der Waals surface area contributed by atoms with Gasteiger partial charge in [0.2, 0.25) is 5.95 Å². The number of aliphatic hydroxyl groups excluding tert-OH is 1. The largest absolute Gasteiger partial charge is 0.394 e. The van der Waals surface area contributed by atoms with Crippen LogP contribution >= 0.6 is 0 Å². The lowest BCUT2D eigenvalue weighted by atomic mass is 9.99. The summed E-state index contributed by atoms with van der Waals surface area (Å²) in [6.45, 7) is 6.03.